The fourth-order valence-corrected chi connectivity index (χ4v) is 3.85. The summed E-state index contributed by atoms with van der Waals surface area (Å²) in [5, 5.41) is 4.02. The van der Waals surface area contributed by atoms with E-state index < -0.39 is 0 Å². The van der Waals surface area contributed by atoms with Crippen LogP contribution in [0.5, 0.6) is 0 Å². The molecule has 1 aliphatic rings. The second kappa shape index (κ2) is 6.24. The minimum Gasteiger partial charge on any atom is -0.346 e. The van der Waals surface area contributed by atoms with Gasteiger partial charge in [0.15, 0.2) is 5.13 Å². The van der Waals surface area contributed by atoms with E-state index in [4.69, 9.17) is 0 Å². The van der Waals surface area contributed by atoms with E-state index in [0.29, 0.717) is 0 Å². The molecule has 1 aromatic heterocycles. The van der Waals surface area contributed by atoms with Gasteiger partial charge in [0.1, 0.15) is 0 Å². The number of carbonyl (C=O) groups is 1. The monoisotopic (exact) mass is 337 g/mol. The number of amides is 1. The second-order valence-electron chi connectivity index (χ2n) is 6.11. The van der Waals surface area contributed by atoms with Crippen LogP contribution in [0.4, 0.5) is 10.8 Å². The molecule has 0 spiro atoms. The topological polar surface area (TPSA) is 45.2 Å². The molecule has 0 radical (unpaired) electrons. The van der Waals surface area contributed by atoms with Gasteiger partial charge in [0, 0.05) is 18.8 Å². The van der Waals surface area contributed by atoms with Gasteiger partial charge in [-0.05, 0) is 36.2 Å². The molecule has 0 bridgehead atoms. The van der Waals surface area contributed by atoms with Crippen molar-refractivity contribution in [1.82, 2.24) is 4.98 Å². The molecule has 1 amide bonds. The summed E-state index contributed by atoms with van der Waals surface area (Å²) in [6.07, 6.45) is 1.01. The lowest BCUT2D eigenvalue weighted by molar-refractivity contribution is -0.120. The zero-order chi connectivity index (χ0) is 16.5. The number of hydrogen-bond acceptors (Lipinski definition) is 4. The molecule has 4 nitrogen and oxygen atoms in total. The molecule has 1 saturated heterocycles. The first kappa shape index (κ1) is 15.1. The highest BCUT2D eigenvalue weighted by Gasteiger charge is 2.34. The minimum atomic E-state index is 0.0304. The van der Waals surface area contributed by atoms with Crippen LogP contribution in [0.1, 0.15) is 12.5 Å². The summed E-state index contributed by atoms with van der Waals surface area (Å²) in [5.41, 5.74) is 3.18. The van der Waals surface area contributed by atoms with Gasteiger partial charge in [0.25, 0.3) is 0 Å². The number of benzene rings is 2. The Bertz CT molecular complexity index is 833. The van der Waals surface area contributed by atoms with E-state index >= 15 is 0 Å². The lowest BCUT2D eigenvalue weighted by Gasteiger charge is -2.37. The van der Waals surface area contributed by atoms with E-state index in [-0.39, 0.29) is 11.8 Å². The molecule has 24 heavy (non-hydrogen) atoms. The predicted octanol–water partition coefficient (Wildman–Crippen LogP) is 3.93. The summed E-state index contributed by atoms with van der Waals surface area (Å²) in [7, 11) is 0. The molecule has 1 fully saturated rings. The average Bonchev–Trinajstić information content (AvgIpc) is 2.97. The summed E-state index contributed by atoms with van der Waals surface area (Å²) in [6.45, 7) is 3.59. The van der Waals surface area contributed by atoms with Crippen molar-refractivity contribution in [2.75, 3.05) is 23.3 Å². The first-order chi connectivity index (χ1) is 11.7. The number of rotatable bonds is 4. The molecule has 1 aliphatic heterocycles. The van der Waals surface area contributed by atoms with Crippen LogP contribution in [-0.4, -0.2) is 24.0 Å². The molecule has 4 rings (SSSR count). The molecular weight excluding hydrogens is 318 g/mol. The molecule has 5 heteroatoms. The molecule has 122 valence electrons. The smallest absolute Gasteiger partial charge is 0.231 e. The number of aryl methyl sites for hydroxylation is 1. The summed E-state index contributed by atoms with van der Waals surface area (Å²) in [6, 6.07) is 16.2. The Balaban J connectivity index is 1.36. The highest BCUT2D eigenvalue weighted by Crippen LogP contribution is 2.33. The van der Waals surface area contributed by atoms with Gasteiger partial charge in [-0.3, -0.25) is 4.79 Å². The summed E-state index contributed by atoms with van der Waals surface area (Å²) in [5.74, 6) is 0.125. The third-order valence-electron chi connectivity index (χ3n) is 4.44. The van der Waals surface area contributed by atoms with Crippen molar-refractivity contribution in [3.05, 3.63) is 54.1 Å². The van der Waals surface area contributed by atoms with Crippen LogP contribution < -0.4 is 10.2 Å². The molecular formula is C19H19N3OS. The van der Waals surface area contributed by atoms with E-state index in [1.807, 2.05) is 30.3 Å². The zero-order valence-electron chi connectivity index (χ0n) is 13.5. The summed E-state index contributed by atoms with van der Waals surface area (Å²) >= 11 is 1.69. The number of nitrogens with one attached hydrogen (secondary N) is 1. The SMILES string of the molecule is CCc1ccc(NC(=O)C2CN(c3nc4ccccc4s3)C2)cc1. The van der Waals surface area contributed by atoms with Crippen molar-refractivity contribution in [3.8, 4) is 0 Å². The molecule has 0 atom stereocenters. The largest absolute Gasteiger partial charge is 0.346 e. The molecule has 0 saturated carbocycles. The van der Waals surface area contributed by atoms with Gasteiger partial charge >= 0.3 is 0 Å². The van der Waals surface area contributed by atoms with Gasteiger partial charge in [-0.2, -0.15) is 0 Å². The Morgan fingerprint density at radius 1 is 1.21 bits per heavy atom. The van der Waals surface area contributed by atoms with Crippen molar-refractivity contribution >= 4 is 38.3 Å². The van der Waals surface area contributed by atoms with Crippen molar-refractivity contribution in [3.63, 3.8) is 0 Å². The molecule has 2 aromatic carbocycles. The van der Waals surface area contributed by atoms with Crippen LogP contribution in [0, 0.1) is 5.92 Å². The van der Waals surface area contributed by atoms with Crippen LogP contribution in [0.25, 0.3) is 10.2 Å². The Kier molecular flexibility index (Phi) is 3.94. The van der Waals surface area contributed by atoms with Crippen molar-refractivity contribution < 1.29 is 4.79 Å². The Morgan fingerprint density at radius 2 is 1.96 bits per heavy atom. The maximum atomic E-state index is 12.3. The molecule has 1 N–H and O–H groups in total. The number of fused-ring (bicyclic) bond motifs is 1. The molecule has 0 aliphatic carbocycles. The van der Waals surface area contributed by atoms with Gasteiger partial charge in [0.2, 0.25) is 5.91 Å². The van der Waals surface area contributed by atoms with E-state index in [0.717, 1.165) is 35.8 Å². The summed E-state index contributed by atoms with van der Waals surface area (Å²) < 4.78 is 1.19. The minimum absolute atomic E-state index is 0.0304. The third kappa shape index (κ3) is 2.87. The second-order valence-corrected chi connectivity index (χ2v) is 7.11. The predicted molar refractivity (Wildman–Crippen MR) is 99.8 cm³/mol. The fraction of sp³-hybridized carbons (Fsp3) is 0.263. The van der Waals surface area contributed by atoms with Gasteiger partial charge in [-0.25, -0.2) is 4.98 Å². The fourth-order valence-electron chi connectivity index (χ4n) is 2.86. The van der Waals surface area contributed by atoms with Gasteiger partial charge in [-0.15, -0.1) is 0 Å². The van der Waals surface area contributed by atoms with Crippen molar-refractivity contribution in [2.45, 2.75) is 13.3 Å². The number of para-hydroxylation sites is 1. The Morgan fingerprint density at radius 3 is 2.67 bits per heavy atom. The zero-order valence-corrected chi connectivity index (χ0v) is 14.3. The Labute approximate surface area is 145 Å². The quantitative estimate of drug-likeness (QED) is 0.784. The lowest BCUT2D eigenvalue weighted by Crippen LogP contribution is -2.52. The van der Waals surface area contributed by atoms with E-state index in [1.54, 1.807) is 11.3 Å². The Hall–Kier alpha value is -2.40. The first-order valence-electron chi connectivity index (χ1n) is 8.23. The van der Waals surface area contributed by atoms with Gasteiger partial charge in [-0.1, -0.05) is 42.5 Å². The molecule has 2 heterocycles. The van der Waals surface area contributed by atoms with Crippen LogP contribution in [0.15, 0.2) is 48.5 Å². The van der Waals surface area contributed by atoms with Crippen LogP contribution in [0.3, 0.4) is 0 Å². The summed E-state index contributed by atoms with van der Waals surface area (Å²) in [4.78, 5) is 19.2. The van der Waals surface area contributed by atoms with Crippen LogP contribution in [0.2, 0.25) is 0 Å². The highest BCUT2D eigenvalue weighted by molar-refractivity contribution is 7.22. The van der Waals surface area contributed by atoms with Crippen molar-refractivity contribution in [2.24, 2.45) is 5.92 Å². The maximum absolute atomic E-state index is 12.3. The normalized spacial score (nSPS) is 14.6. The maximum Gasteiger partial charge on any atom is 0.231 e. The number of nitrogens with zero attached hydrogens (tertiary/aromatic N) is 2. The number of aromatic nitrogens is 1. The highest BCUT2D eigenvalue weighted by atomic mass is 32.1. The number of thiazole rings is 1. The number of hydrogen-bond donors (Lipinski definition) is 1. The van der Waals surface area contributed by atoms with Crippen molar-refractivity contribution in [1.29, 1.82) is 0 Å². The number of carbonyl (C=O) groups excluding carboxylic acids is 1. The lowest BCUT2D eigenvalue weighted by atomic mass is 10.00. The third-order valence-corrected chi connectivity index (χ3v) is 5.53. The van der Waals surface area contributed by atoms with Gasteiger partial charge in [0.05, 0.1) is 16.1 Å². The molecule has 0 unspecified atom stereocenters. The van der Waals surface area contributed by atoms with E-state index in [2.05, 4.69) is 40.3 Å². The molecule has 3 aromatic rings. The van der Waals surface area contributed by atoms with Gasteiger partial charge < -0.3 is 10.2 Å². The van der Waals surface area contributed by atoms with E-state index in [1.165, 1.54) is 10.3 Å². The first-order valence-corrected chi connectivity index (χ1v) is 9.05. The van der Waals surface area contributed by atoms with Crippen LogP contribution in [-0.2, 0) is 11.2 Å². The number of anilines is 2. The standard InChI is InChI=1S/C19H19N3OS/c1-2-13-7-9-15(10-8-13)20-18(23)14-11-22(12-14)19-21-16-5-3-4-6-17(16)24-19/h3-10,14H,2,11-12H2,1H3,(H,20,23). The van der Waals surface area contributed by atoms with E-state index in [9.17, 15) is 4.79 Å². The van der Waals surface area contributed by atoms with Crippen LogP contribution >= 0.6 is 11.3 Å². The average molecular weight is 337 g/mol.